The Morgan fingerprint density at radius 3 is 2.78 bits per heavy atom. The highest BCUT2D eigenvalue weighted by Crippen LogP contribution is 2.23. The van der Waals surface area contributed by atoms with Crippen LogP contribution in [0.3, 0.4) is 0 Å². The SMILES string of the molecule is COc1ccc([N+](=O)[O-])cc1C[NH+]1CCOCC1. The number of morpholine rings is 1. The maximum Gasteiger partial charge on any atom is 0.270 e. The molecule has 0 atom stereocenters. The van der Waals surface area contributed by atoms with Crippen LogP contribution in [0.4, 0.5) is 5.69 Å². The number of non-ortho nitro benzene ring substituents is 1. The molecule has 18 heavy (non-hydrogen) atoms. The zero-order valence-corrected chi connectivity index (χ0v) is 10.3. The van der Waals surface area contributed by atoms with Gasteiger partial charge in [0.2, 0.25) is 0 Å². The summed E-state index contributed by atoms with van der Waals surface area (Å²) >= 11 is 0. The van der Waals surface area contributed by atoms with Crippen LogP contribution in [0.25, 0.3) is 0 Å². The molecular formula is C12H17N2O4+. The van der Waals surface area contributed by atoms with E-state index in [9.17, 15) is 10.1 Å². The number of nitro groups is 1. The summed E-state index contributed by atoms with van der Waals surface area (Å²) in [5.41, 5.74) is 0.988. The van der Waals surface area contributed by atoms with Gasteiger partial charge in [-0.05, 0) is 6.07 Å². The van der Waals surface area contributed by atoms with Gasteiger partial charge in [0.05, 0.1) is 30.8 Å². The van der Waals surface area contributed by atoms with E-state index in [4.69, 9.17) is 9.47 Å². The average Bonchev–Trinajstić information content (AvgIpc) is 2.39. The number of rotatable bonds is 4. The Morgan fingerprint density at radius 1 is 1.44 bits per heavy atom. The quantitative estimate of drug-likeness (QED) is 0.607. The number of benzene rings is 1. The van der Waals surface area contributed by atoms with Gasteiger partial charge in [-0.2, -0.15) is 0 Å². The highest BCUT2D eigenvalue weighted by molar-refractivity contribution is 5.43. The van der Waals surface area contributed by atoms with E-state index in [1.807, 2.05) is 0 Å². The molecule has 1 fully saturated rings. The van der Waals surface area contributed by atoms with Crippen molar-refractivity contribution in [3.8, 4) is 5.75 Å². The van der Waals surface area contributed by atoms with Crippen LogP contribution in [0, 0.1) is 10.1 Å². The van der Waals surface area contributed by atoms with Crippen molar-refractivity contribution in [1.82, 2.24) is 0 Å². The number of hydrogen-bond donors (Lipinski definition) is 1. The van der Waals surface area contributed by atoms with E-state index in [-0.39, 0.29) is 10.6 Å². The minimum absolute atomic E-state index is 0.110. The van der Waals surface area contributed by atoms with Crippen molar-refractivity contribution in [3.63, 3.8) is 0 Å². The van der Waals surface area contributed by atoms with Gasteiger partial charge < -0.3 is 14.4 Å². The van der Waals surface area contributed by atoms with Crippen LogP contribution in [-0.2, 0) is 11.3 Å². The first-order valence-electron chi connectivity index (χ1n) is 5.93. The maximum absolute atomic E-state index is 10.8. The van der Waals surface area contributed by atoms with Crippen LogP contribution >= 0.6 is 0 Å². The van der Waals surface area contributed by atoms with Gasteiger partial charge in [-0.1, -0.05) is 0 Å². The summed E-state index contributed by atoms with van der Waals surface area (Å²) in [6.07, 6.45) is 0. The third-order valence-electron chi connectivity index (χ3n) is 3.12. The predicted molar refractivity (Wildman–Crippen MR) is 64.9 cm³/mol. The molecule has 0 aliphatic carbocycles. The standard InChI is InChI=1S/C12H16N2O4/c1-17-12-3-2-11(14(15)16)8-10(12)9-13-4-6-18-7-5-13/h2-3,8H,4-7,9H2,1H3/p+1. The van der Waals surface area contributed by atoms with E-state index in [2.05, 4.69) is 0 Å². The number of methoxy groups -OCH3 is 1. The largest absolute Gasteiger partial charge is 0.496 e. The molecule has 0 saturated carbocycles. The van der Waals surface area contributed by atoms with Gasteiger partial charge in [-0.25, -0.2) is 0 Å². The molecule has 0 spiro atoms. The van der Waals surface area contributed by atoms with Gasteiger partial charge >= 0.3 is 0 Å². The van der Waals surface area contributed by atoms with Crippen LogP contribution in [0.15, 0.2) is 18.2 Å². The second kappa shape index (κ2) is 5.79. The first-order chi connectivity index (χ1) is 8.70. The Morgan fingerprint density at radius 2 is 2.17 bits per heavy atom. The Balaban J connectivity index is 2.17. The van der Waals surface area contributed by atoms with Crippen molar-refractivity contribution >= 4 is 5.69 Å². The molecule has 1 aromatic carbocycles. The molecule has 0 aromatic heterocycles. The molecule has 1 N–H and O–H groups in total. The van der Waals surface area contributed by atoms with E-state index in [0.717, 1.165) is 38.4 Å². The molecule has 0 radical (unpaired) electrons. The molecule has 1 aliphatic rings. The fourth-order valence-corrected chi connectivity index (χ4v) is 2.12. The number of nitro benzene ring substituents is 1. The highest BCUT2D eigenvalue weighted by Gasteiger charge is 2.19. The summed E-state index contributed by atoms with van der Waals surface area (Å²) in [6.45, 7) is 4.06. The minimum Gasteiger partial charge on any atom is -0.496 e. The normalized spacial score (nSPS) is 16.5. The number of hydrogen-bond acceptors (Lipinski definition) is 4. The van der Waals surface area contributed by atoms with E-state index < -0.39 is 0 Å². The van der Waals surface area contributed by atoms with Gasteiger partial charge in [-0.3, -0.25) is 10.1 Å². The van der Waals surface area contributed by atoms with E-state index >= 15 is 0 Å². The Hall–Kier alpha value is -1.66. The van der Waals surface area contributed by atoms with Crippen LogP contribution in [0.2, 0.25) is 0 Å². The average molecular weight is 253 g/mol. The third kappa shape index (κ3) is 2.96. The summed E-state index contributed by atoms with van der Waals surface area (Å²) in [7, 11) is 1.58. The summed E-state index contributed by atoms with van der Waals surface area (Å²) < 4.78 is 10.6. The maximum atomic E-state index is 10.8. The third-order valence-corrected chi connectivity index (χ3v) is 3.12. The second-order valence-electron chi connectivity index (χ2n) is 4.29. The molecule has 0 amide bonds. The van der Waals surface area contributed by atoms with Crippen molar-refractivity contribution in [2.45, 2.75) is 6.54 Å². The highest BCUT2D eigenvalue weighted by atomic mass is 16.6. The van der Waals surface area contributed by atoms with E-state index in [0.29, 0.717) is 5.75 Å². The number of ether oxygens (including phenoxy) is 2. The van der Waals surface area contributed by atoms with Crippen molar-refractivity contribution in [2.75, 3.05) is 33.4 Å². The molecule has 6 heteroatoms. The molecule has 2 rings (SSSR count). The van der Waals surface area contributed by atoms with Crippen LogP contribution in [-0.4, -0.2) is 38.3 Å². The van der Waals surface area contributed by atoms with Gasteiger partial charge in [0.1, 0.15) is 25.4 Å². The van der Waals surface area contributed by atoms with Crippen molar-refractivity contribution in [3.05, 3.63) is 33.9 Å². The molecule has 1 saturated heterocycles. The van der Waals surface area contributed by atoms with Gasteiger partial charge in [0.15, 0.2) is 0 Å². The fourth-order valence-electron chi connectivity index (χ4n) is 2.12. The monoisotopic (exact) mass is 253 g/mol. The lowest BCUT2D eigenvalue weighted by atomic mass is 10.1. The molecule has 1 heterocycles. The van der Waals surface area contributed by atoms with Gasteiger partial charge in [-0.15, -0.1) is 0 Å². The van der Waals surface area contributed by atoms with Gasteiger partial charge in [0, 0.05) is 12.1 Å². The smallest absolute Gasteiger partial charge is 0.270 e. The van der Waals surface area contributed by atoms with E-state index in [1.165, 1.54) is 11.0 Å². The predicted octanol–water partition coefficient (Wildman–Crippen LogP) is 0.0185. The minimum atomic E-state index is -0.377. The topological polar surface area (TPSA) is 66.0 Å². The zero-order valence-electron chi connectivity index (χ0n) is 10.3. The number of quaternary nitrogens is 1. The Bertz CT molecular complexity index is 430. The van der Waals surface area contributed by atoms with Crippen LogP contribution < -0.4 is 9.64 Å². The lowest BCUT2D eigenvalue weighted by Crippen LogP contribution is -3.12. The summed E-state index contributed by atoms with van der Waals surface area (Å²) in [6, 6.07) is 4.73. The first-order valence-corrected chi connectivity index (χ1v) is 5.93. The van der Waals surface area contributed by atoms with Crippen LogP contribution in [0.1, 0.15) is 5.56 Å². The van der Waals surface area contributed by atoms with Crippen molar-refractivity contribution in [1.29, 1.82) is 0 Å². The molecular weight excluding hydrogens is 236 g/mol. The van der Waals surface area contributed by atoms with Gasteiger partial charge in [0.25, 0.3) is 5.69 Å². The Labute approximate surface area is 105 Å². The Kier molecular flexibility index (Phi) is 4.11. The molecule has 0 unspecified atom stereocenters. The van der Waals surface area contributed by atoms with Crippen molar-refractivity contribution < 1.29 is 19.3 Å². The molecule has 1 aromatic rings. The lowest BCUT2D eigenvalue weighted by molar-refractivity contribution is -0.921. The summed E-state index contributed by atoms with van der Waals surface area (Å²) in [5, 5.41) is 10.8. The summed E-state index contributed by atoms with van der Waals surface area (Å²) in [5.74, 6) is 0.708. The van der Waals surface area contributed by atoms with Crippen molar-refractivity contribution in [2.24, 2.45) is 0 Å². The van der Waals surface area contributed by atoms with E-state index in [1.54, 1.807) is 19.2 Å². The summed E-state index contributed by atoms with van der Waals surface area (Å²) in [4.78, 5) is 11.8. The molecule has 6 nitrogen and oxygen atoms in total. The molecule has 98 valence electrons. The zero-order chi connectivity index (χ0) is 13.0. The number of nitrogens with one attached hydrogen (secondary N) is 1. The fraction of sp³-hybridized carbons (Fsp3) is 0.500. The second-order valence-corrected chi connectivity index (χ2v) is 4.29. The lowest BCUT2D eigenvalue weighted by Gasteiger charge is -2.24. The van der Waals surface area contributed by atoms with Crippen LogP contribution in [0.5, 0.6) is 5.75 Å². The molecule has 0 bridgehead atoms. The molecule has 1 aliphatic heterocycles. The first kappa shape index (κ1) is 12.8. The number of nitrogens with zero attached hydrogens (tertiary/aromatic N) is 1.